The standard InChI is InChI=1S/C25H26BrNO4S/c1-4-30-25(29)23-20(18-9-11-19(26)12-10-18)15-32-24(23)27-22(28)6-5-13-31-21-14-16(2)7-8-17(21)3/h7-12,14-15H,4-6,13H2,1-3H3,(H,27,28). The molecule has 0 radical (unpaired) electrons. The van der Waals surface area contributed by atoms with Crippen molar-refractivity contribution in [3.05, 3.63) is 69.0 Å². The molecule has 0 aliphatic rings. The summed E-state index contributed by atoms with van der Waals surface area (Å²) in [5.41, 5.74) is 4.22. The van der Waals surface area contributed by atoms with E-state index in [2.05, 4.69) is 21.2 Å². The van der Waals surface area contributed by atoms with E-state index in [9.17, 15) is 9.59 Å². The van der Waals surface area contributed by atoms with E-state index in [1.165, 1.54) is 11.3 Å². The van der Waals surface area contributed by atoms with E-state index in [1.54, 1.807) is 6.92 Å². The van der Waals surface area contributed by atoms with Gasteiger partial charge in [-0.05, 0) is 62.1 Å². The van der Waals surface area contributed by atoms with Gasteiger partial charge in [-0.3, -0.25) is 4.79 Å². The van der Waals surface area contributed by atoms with Gasteiger partial charge in [0.15, 0.2) is 0 Å². The third-order valence-corrected chi connectivity index (χ3v) is 6.25. The number of rotatable bonds is 9. The number of carbonyl (C=O) groups is 2. The van der Waals surface area contributed by atoms with Gasteiger partial charge in [-0.25, -0.2) is 4.79 Å². The van der Waals surface area contributed by atoms with Crippen LogP contribution in [0.15, 0.2) is 52.3 Å². The number of carbonyl (C=O) groups excluding carboxylic acids is 2. The van der Waals surface area contributed by atoms with Gasteiger partial charge >= 0.3 is 5.97 Å². The number of anilines is 1. The van der Waals surface area contributed by atoms with Crippen LogP contribution in [0, 0.1) is 13.8 Å². The molecule has 0 saturated heterocycles. The lowest BCUT2D eigenvalue weighted by molar-refractivity contribution is -0.116. The molecule has 32 heavy (non-hydrogen) atoms. The van der Waals surface area contributed by atoms with Crippen molar-refractivity contribution in [3.63, 3.8) is 0 Å². The third kappa shape index (κ3) is 6.20. The zero-order valence-electron chi connectivity index (χ0n) is 18.4. The number of benzene rings is 2. The maximum absolute atomic E-state index is 12.6. The Morgan fingerprint density at radius 2 is 1.84 bits per heavy atom. The van der Waals surface area contributed by atoms with Crippen LogP contribution in [0.5, 0.6) is 5.75 Å². The van der Waals surface area contributed by atoms with Crippen LogP contribution in [0.25, 0.3) is 11.1 Å². The Kier molecular flexibility index (Phi) is 8.47. The maximum Gasteiger partial charge on any atom is 0.341 e. The van der Waals surface area contributed by atoms with Crippen molar-refractivity contribution >= 4 is 44.1 Å². The number of nitrogens with one attached hydrogen (secondary N) is 1. The van der Waals surface area contributed by atoms with Crippen molar-refractivity contribution in [1.29, 1.82) is 0 Å². The fourth-order valence-electron chi connectivity index (χ4n) is 3.16. The molecular formula is C25H26BrNO4S. The van der Waals surface area contributed by atoms with E-state index in [0.29, 0.717) is 30.0 Å². The molecule has 3 rings (SSSR count). The highest BCUT2D eigenvalue weighted by Gasteiger charge is 2.22. The van der Waals surface area contributed by atoms with Crippen LogP contribution in [0.3, 0.4) is 0 Å². The van der Waals surface area contributed by atoms with Gasteiger partial charge in [0.1, 0.15) is 16.3 Å². The number of hydrogen-bond donors (Lipinski definition) is 1. The lowest BCUT2D eigenvalue weighted by Crippen LogP contribution is -2.15. The summed E-state index contributed by atoms with van der Waals surface area (Å²) < 4.78 is 12.0. The summed E-state index contributed by atoms with van der Waals surface area (Å²) in [7, 11) is 0. The average Bonchev–Trinajstić information content (AvgIpc) is 3.17. The lowest BCUT2D eigenvalue weighted by Gasteiger charge is -2.11. The summed E-state index contributed by atoms with van der Waals surface area (Å²) in [6.45, 7) is 6.48. The zero-order chi connectivity index (χ0) is 23.1. The molecule has 7 heteroatoms. The molecule has 168 valence electrons. The first-order chi connectivity index (χ1) is 15.4. The monoisotopic (exact) mass is 515 g/mol. The molecule has 3 aromatic rings. The molecule has 0 aliphatic carbocycles. The summed E-state index contributed by atoms with van der Waals surface area (Å²) >= 11 is 4.75. The Morgan fingerprint density at radius 3 is 2.56 bits per heavy atom. The Morgan fingerprint density at radius 1 is 1.09 bits per heavy atom. The first-order valence-corrected chi connectivity index (χ1v) is 12.1. The minimum atomic E-state index is -0.444. The number of thiophene rings is 1. The SMILES string of the molecule is CCOC(=O)c1c(-c2ccc(Br)cc2)csc1NC(=O)CCCOc1cc(C)ccc1C. The molecule has 1 heterocycles. The molecule has 1 aromatic heterocycles. The Hall–Kier alpha value is -2.64. The molecule has 0 atom stereocenters. The van der Waals surface area contributed by atoms with Crippen LogP contribution >= 0.6 is 27.3 Å². The van der Waals surface area contributed by atoms with E-state index in [1.807, 2.05) is 61.7 Å². The quantitative estimate of drug-likeness (QED) is 0.252. The van der Waals surface area contributed by atoms with E-state index in [4.69, 9.17) is 9.47 Å². The molecule has 0 bridgehead atoms. The van der Waals surface area contributed by atoms with E-state index in [0.717, 1.165) is 32.5 Å². The number of hydrogen-bond acceptors (Lipinski definition) is 5. The molecule has 0 unspecified atom stereocenters. The van der Waals surface area contributed by atoms with Crippen LogP contribution in [0.2, 0.25) is 0 Å². The van der Waals surface area contributed by atoms with Gasteiger partial charge in [-0.1, -0.05) is 40.2 Å². The van der Waals surface area contributed by atoms with Gasteiger partial charge in [-0.2, -0.15) is 0 Å². The predicted octanol–water partition coefficient (Wildman–Crippen LogP) is 6.77. The lowest BCUT2D eigenvalue weighted by atomic mass is 10.0. The van der Waals surface area contributed by atoms with Crippen LogP contribution in [-0.4, -0.2) is 25.1 Å². The minimum absolute atomic E-state index is 0.163. The number of halogens is 1. The second-order valence-electron chi connectivity index (χ2n) is 7.35. The van der Waals surface area contributed by atoms with E-state index < -0.39 is 5.97 Å². The fraction of sp³-hybridized carbons (Fsp3) is 0.280. The fourth-order valence-corrected chi connectivity index (χ4v) is 4.40. The van der Waals surface area contributed by atoms with Gasteiger partial charge in [0.25, 0.3) is 0 Å². The van der Waals surface area contributed by atoms with Crippen LogP contribution in [0.4, 0.5) is 5.00 Å². The van der Waals surface area contributed by atoms with Crippen molar-refractivity contribution < 1.29 is 19.1 Å². The largest absolute Gasteiger partial charge is 0.493 e. The van der Waals surface area contributed by atoms with Crippen molar-refractivity contribution in [1.82, 2.24) is 0 Å². The number of amides is 1. The van der Waals surface area contributed by atoms with Crippen molar-refractivity contribution in [2.75, 3.05) is 18.5 Å². The summed E-state index contributed by atoms with van der Waals surface area (Å²) in [5, 5.41) is 5.26. The van der Waals surface area contributed by atoms with Crippen molar-refractivity contribution in [2.45, 2.75) is 33.6 Å². The minimum Gasteiger partial charge on any atom is -0.493 e. The second-order valence-corrected chi connectivity index (χ2v) is 9.15. The van der Waals surface area contributed by atoms with Gasteiger partial charge in [0.2, 0.25) is 5.91 Å². The molecule has 0 fully saturated rings. The normalized spacial score (nSPS) is 10.6. The molecule has 0 spiro atoms. The highest BCUT2D eigenvalue weighted by Crippen LogP contribution is 2.36. The maximum atomic E-state index is 12.6. The second kappa shape index (κ2) is 11.3. The highest BCUT2D eigenvalue weighted by atomic mass is 79.9. The summed E-state index contributed by atoms with van der Waals surface area (Å²) in [5.74, 6) is 0.233. The number of ether oxygens (including phenoxy) is 2. The van der Waals surface area contributed by atoms with Crippen molar-refractivity contribution in [3.8, 4) is 16.9 Å². The van der Waals surface area contributed by atoms with Crippen LogP contribution in [0.1, 0.15) is 41.3 Å². The van der Waals surface area contributed by atoms with Gasteiger partial charge in [0, 0.05) is 21.8 Å². The van der Waals surface area contributed by atoms with Gasteiger partial charge in [0.05, 0.1) is 13.2 Å². The van der Waals surface area contributed by atoms with Crippen LogP contribution < -0.4 is 10.1 Å². The molecular weight excluding hydrogens is 490 g/mol. The molecule has 0 aliphatic heterocycles. The first kappa shape index (κ1) is 24.0. The molecule has 1 amide bonds. The Labute approximate surface area is 200 Å². The third-order valence-electron chi connectivity index (χ3n) is 4.83. The summed E-state index contributed by atoms with van der Waals surface area (Å²) in [6.07, 6.45) is 0.859. The molecule has 0 saturated carbocycles. The average molecular weight is 516 g/mol. The highest BCUT2D eigenvalue weighted by molar-refractivity contribution is 9.10. The van der Waals surface area contributed by atoms with Crippen molar-refractivity contribution in [2.24, 2.45) is 0 Å². The van der Waals surface area contributed by atoms with Gasteiger partial charge < -0.3 is 14.8 Å². The van der Waals surface area contributed by atoms with Gasteiger partial charge in [-0.15, -0.1) is 11.3 Å². The smallest absolute Gasteiger partial charge is 0.341 e. The summed E-state index contributed by atoms with van der Waals surface area (Å²) in [4.78, 5) is 25.2. The molecule has 2 aromatic carbocycles. The van der Waals surface area contributed by atoms with Crippen LogP contribution in [-0.2, 0) is 9.53 Å². The molecule has 5 nitrogen and oxygen atoms in total. The first-order valence-electron chi connectivity index (χ1n) is 10.4. The molecule has 1 N–H and O–H groups in total. The number of esters is 1. The Bertz CT molecular complexity index is 1090. The Balaban J connectivity index is 1.65. The van der Waals surface area contributed by atoms with E-state index >= 15 is 0 Å². The zero-order valence-corrected chi connectivity index (χ0v) is 20.8. The predicted molar refractivity (Wildman–Crippen MR) is 133 cm³/mol. The topological polar surface area (TPSA) is 64.6 Å². The number of aryl methyl sites for hydroxylation is 2. The summed E-state index contributed by atoms with van der Waals surface area (Å²) in [6, 6.07) is 13.7. The van der Waals surface area contributed by atoms with E-state index in [-0.39, 0.29) is 12.5 Å².